The van der Waals surface area contributed by atoms with Crippen LogP contribution in [0.25, 0.3) is 0 Å². The lowest BCUT2D eigenvalue weighted by atomic mass is 10.1. The summed E-state index contributed by atoms with van der Waals surface area (Å²) in [6, 6.07) is 10.7. The second kappa shape index (κ2) is 7.99. The Kier molecular flexibility index (Phi) is 5.09. The number of aromatic amines is 1. The van der Waals surface area contributed by atoms with Crippen molar-refractivity contribution in [2.45, 2.75) is 26.0 Å². The Balaban J connectivity index is 1.36. The summed E-state index contributed by atoms with van der Waals surface area (Å²) in [6.45, 7) is 2.48. The molecule has 0 aliphatic carbocycles. The van der Waals surface area contributed by atoms with Crippen LogP contribution in [0.15, 0.2) is 48.8 Å². The maximum atomic E-state index is 12.5. The van der Waals surface area contributed by atoms with Gasteiger partial charge in [0.25, 0.3) is 5.91 Å². The topological polar surface area (TPSA) is 98.4 Å². The molecule has 28 heavy (non-hydrogen) atoms. The highest BCUT2D eigenvalue weighted by molar-refractivity contribution is 5.92. The molecule has 2 aromatic heterocycles. The molecule has 144 valence electrons. The normalized spacial score (nSPS) is 13.2. The third-order valence-electron chi connectivity index (χ3n) is 4.42. The first-order chi connectivity index (χ1) is 13.7. The molecule has 0 saturated heterocycles. The summed E-state index contributed by atoms with van der Waals surface area (Å²) in [5, 5.41) is 9.93. The maximum absolute atomic E-state index is 12.5. The van der Waals surface area contributed by atoms with Gasteiger partial charge in [0.15, 0.2) is 11.5 Å². The van der Waals surface area contributed by atoms with Gasteiger partial charge >= 0.3 is 0 Å². The first-order valence-corrected chi connectivity index (χ1v) is 9.00. The van der Waals surface area contributed by atoms with Crippen molar-refractivity contribution in [3.8, 4) is 17.2 Å². The van der Waals surface area contributed by atoms with Gasteiger partial charge < -0.3 is 19.5 Å². The standard InChI is InChI=1S/C20H20N4O4/c1-2-16(13-5-7-21-8-6-13)22-20(25)17-9-14(23-24-17)11-26-15-3-4-18-19(10-15)28-12-27-18/h3-10,16H,2,11-12H2,1H3,(H,22,25)(H,23,24). The number of hydrogen-bond donors (Lipinski definition) is 2. The molecule has 0 bridgehead atoms. The Morgan fingerprint density at radius 3 is 2.86 bits per heavy atom. The molecular weight excluding hydrogens is 360 g/mol. The number of nitrogens with one attached hydrogen (secondary N) is 2. The quantitative estimate of drug-likeness (QED) is 0.654. The lowest BCUT2D eigenvalue weighted by Crippen LogP contribution is -2.28. The predicted octanol–water partition coefficient (Wildman–Crippen LogP) is 2.99. The van der Waals surface area contributed by atoms with Gasteiger partial charge in [-0.1, -0.05) is 6.92 Å². The number of pyridine rings is 1. The smallest absolute Gasteiger partial charge is 0.272 e. The molecule has 0 saturated carbocycles. The molecule has 8 nitrogen and oxygen atoms in total. The van der Waals surface area contributed by atoms with E-state index in [0.717, 1.165) is 12.0 Å². The van der Waals surface area contributed by atoms with Crippen molar-refractivity contribution >= 4 is 5.91 Å². The van der Waals surface area contributed by atoms with Crippen LogP contribution in [0.5, 0.6) is 17.2 Å². The minimum absolute atomic E-state index is 0.0967. The van der Waals surface area contributed by atoms with E-state index in [0.29, 0.717) is 28.6 Å². The average molecular weight is 380 g/mol. The van der Waals surface area contributed by atoms with Crippen LogP contribution in [0.2, 0.25) is 0 Å². The molecule has 8 heteroatoms. The van der Waals surface area contributed by atoms with Gasteiger partial charge in [0.1, 0.15) is 18.1 Å². The first-order valence-electron chi connectivity index (χ1n) is 9.00. The van der Waals surface area contributed by atoms with Gasteiger partial charge in [0.2, 0.25) is 6.79 Å². The van der Waals surface area contributed by atoms with Gasteiger partial charge in [0.05, 0.1) is 11.7 Å². The maximum Gasteiger partial charge on any atom is 0.272 e. The van der Waals surface area contributed by atoms with Gasteiger partial charge in [-0.25, -0.2) is 0 Å². The van der Waals surface area contributed by atoms with Crippen molar-refractivity contribution in [1.82, 2.24) is 20.5 Å². The SMILES string of the molecule is CCC(NC(=O)c1cc(COc2ccc3c(c2)OCO3)[nH]n1)c1ccncc1. The summed E-state index contributed by atoms with van der Waals surface area (Å²) in [7, 11) is 0. The molecule has 4 rings (SSSR count). The highest BCUT2D eigenvalue weighted by Crippen LogP contribution is 2.35. The lowest BCUT2D eigenvalue weighted by Gasteiger charge is -2.16. The molecule has 1 aliphatic heterocycles. The van der Waals surface area contributed by atoms with Crippen LogP contribution in [-0.4, -0.2) is 27.9 Å². The van der Waals surface area contributed by atoms with Crippen LogP contribution in [0.1, 0.15) is 41.1 Å². The summed E-state index contributed by atoms with van der Waals surface area (Å²) in [6.07, 6.45) is 4.19. The molecule has 2 N–H and O–H groups in total. The van der Waals surface area contributed by atoms with E-state index in [-0.39, 0.29) is 25.3 Å². The van der Waals surface area contributed by atoms with Crippen molar-refractivity contribution in [3.63, 3.8) is 0 Å². The Morgan fingerprint density at radius 1 is 1.21 bits per heavy atom. The van der Waals surface area contributed by atoms with Crippen LogP contribution in [0, 0.1) is 0 Å². The van der Waals surface area contributed by atoms with Crippen LogP contribution >= 0.6 is 0 Å². The second-order valence-electron chi connectivity index (χ2n) is 6.30. The number of amides is 1. The van der Waals surface area contributed by atoms with Gasteiger partial charge in [-0.05, 0) is 42.3 Å². The third-order valence-corrected chi connectivity index (χ3v) is 4.42. The highest BCUT2D eigenvalue weighted by atomic mass is 16.7. The van der Waals surface area contributed by atoms with E-state index in [1.165, 1.54) is 0 Å². The van der Waals surface area contributed by atoms with Crippen LogP contribution in [0.3, 0.4) is 0 Å². The van der Waals surface area contributed by atoms with Crippen molar-refractivity contribution in [3.05, 3.63) is 65.7 Å². The number of carbonyl (C=O) groups is 1. The number of H-pyrrole nitrogens is 1. The van der Waals surface area contributed by atoms with Gasteiger partial charge in [-0.15, -0.1) is 0 Å². The number of ether oxygens (including phenoxy) is 3. The Hall–Kier alpha value is -3.55. The summed E-state index contributed by atoms with van der Waals surface area (Å²) < 4.78 is 16.3. The largest absolute Gasteiger partial charge is 0.487 e. The number of fused-ring (bicyclic) bond motifs is 1. The molecule has 1 aromatic carbocycles. The predicted molar refractivity (Wildman–Crippen MR) is 100 cm³/mol. The zero-order valence-electron chi connectivity index (χ0n) is 15.3. The van der Waals surface area contributed by atoms with Crippen LogP contribution < -0.4 is 19.5 Å². The molecule has 0 fully saturated rings. The van der Waals surface area contributed by atoms with Crippen molar-refractivity contribution in [1.29, 1.82) is 0 Å². The third kappa shape index (κ3) is 3.90. The van der Waals surface area contributed by atoms with E-state index >= 15 is 0 Å². The number of carbonyl (C=O) groups excluding carboxylic acids is 1. The number of benzene rings is 1. The number of rotatable bonds is 7. The van der Waals surface area contributed by atoms with E-state index in [9.17, 15) is 4.79 Å². The molecule has 1 unspecified atom stereocenters. The van der Waals surface area contributed by atoms with E-state index in [4.69, 9.17) is 14.2 Å². The molecule has 3 aromatic rings. The van der Waals surface area contributed by atoms with Crippen LogP contribution in [-0.2, 0) is 6.61 Å². The average Bonchev–Trinajstić information content (AvgIpc) is 3.40. The molecule has 1 amide bonds. The number of hydrogen-bond acceptors (Lipinski definition) is 6. The Labute approximate surface area is 161 Å². The van der Waals surface area contributed by atoms with Gasteiger partial charge in [0, 0.05) is 18.5 Å². The number of aromatic nitrogens is 3. The number of nitrogens with zero attached hydrogens (tertiary/aromatic N) is 2. The fraction of sp³-hybridized carbons (Fsp3) is 0.250. The first kappa shape index (κ1) is 17.8. The van der Waals surface area contributed by atoms with Crippen molar-refractivity contribution < 1.29 is 19.0 Å². The van der Waals surface area contributed by atoms with E-state index < -0.39 is 0 Å². The molecule has 1 atom stereocenters. The molecular formula is C20H20N4O4. The van der Waals surface area contributed by atoms with Gasteiger partial charge in [-0.3, -0.25) is 14.9 Å². The molecule has 0 spiro atoms. The van der Waals surface area contributed by atoms with Gasteiger partial charge in [-0.2, -0.15) is 5.10 Å². The molecule has 0 radical (unpaired) electrons. The molecule has 3 heterocycles. The Bertz CT molecular complexity index is 958. The zero-order chi connectivity index (χ0) is 19.3. The lowest BCUT2D eigenvalue weighted by molar-refractivity contribution is 0.0930. The second-order valence-corrected chi connectivity index (χ2v) is 6.30. The van der Waals surface area contributed by atoms with E-state index in [1.807, 2.05) is 19.1 Å². The zero-order valence-corrected chi connectivity index (χ0v) is 15.3. The Morgan fingerprint density at radius 2 is 2.04 bits per heavy atom. The fourth-order valence-corrected chi connectivity index (χ4v) is 2.93. The summed E-state index contributed by atoms with van der Waals surface area (Å²) in [4.78, 5) is 16.5. The summed E-state index contributed by atoms with van der Waals surface area (Å²) in [5.74, 6) is 1.76. The van der Waals surface area contributed by atoms with E-state index in [1.54, 1.807) is 36.7 Å². The monoisotopic (exact) mass is 380 g/mol. The summed E-state index contributed by atoms with van der Waals surface area (Å²) >= 11 is 0. The van der Waals surface area contributed by atoms with Crippen LogP contribution in [0.4, 0.5) is 0 Å². The van der Waals surface area contributed by atoms with Crippen molar-refractivity contribution in [2.24, 2.45) is 0 Å². The summed E-state index contributed by atoms with van der Waals surface area (Å²) in [5.41, 5.74) is 2.02. The molecule has 1 aliphatic rings. The minimum Gasteiger partial charge on any atom is -0.487 e. The fourth-order valence-electron chi connectivity index (χ4n) is 2.93. The van der Waals surface area contributed by atoms with Crippen molar-refractivity contribution in [2.75, 3.05) is 6.79 Å². The minimum atomic E-state index is -0.241. The van der Waals surface area contributed by atoms with E-state index in [2.05, 4.69) is 20.5 Å². The highest BCUT2D eigenvalue weighted by Gasteiger charge is 2.17.